The van der Waals surface area contributed by atoms with Crippen LogP contribution in [0.4, 0.5) is 17.6 Å². The summed E-state index contributed by atoms with van der Waals surface area (Å²) in [6.45, 7) is -0.133. The van der Waals surface area contributed by atoms with Crippen LogP contribution in [0.25, 0.3) is 0 Å². The van der Waals surface area contributed by atoms with Gasteiger partial charge in [-0.05, 0) is 17.7 Å². The first-order valence-corrected chi connectivity index (χ1v) is 4.06. The lowest BCUT2D eigenvalue weighted by Crippen LogP contribution is -2.16. The molecule has 1 rings (SSSR count). The highest BCUT2D eigenvalue weighted by molar-refractivity contribution is 5.30. The normalized spacial score (nSPS) is 11.8. The molecule has 0 saturated carbocycles. The van der Waals surface area contributed by atoms with Crippen LogP contribution in [0, 0.1) is 5.82 Å². The molecule has 2 nitrogen and oxygen atoms in total. The number of hydrogen-bond acceptors (Lipinski definition) is 2. The van der Waals surface area contributed by atoms with E-state index in [0.29, 0.717) is 6.07 Å². The molecule has 0 saturated heterocycles. The van der Waals surface area contributed by atoms with Crippen molar-refractivity contribution in [3.8, 4) is 0 Å². The van der Waals surface area contributed by atoms with Crippen LogP contribution in [0.15, 0.2) is 18.2 Å². The van der Waals surface area contributed by atoms with Gasteiger partial charge in [0.2, 0.25) is 0 Å². The predicted octanol–water partition coefficient (Wildman–Crippen LogP) is 2.50. The van der Waals surface area contributed by atoms with Crippen molar-refractivity contribution in [2.75, 3.05) is 7.11 Å². The average Bonchev–Trinajstić information content (AvgIpc) is 2.14. The van der Waals surface area contributed by atoms with Crippen molar-refractivity contribution in [3.63, 3.8) is 0 Å². The zero-order valence-electron chi connectivity index (χ0n) is 7.86. The molecule has 0 atom stereocenters. The minimum atomic E-state index is -4.56. The molecular weight excluding hydrogens is 214 g/mol. The second-order valence-corrected chi connectivity index (χ2v) is 2.82. The third-order valence-electron chi connectivity index (χ3n) is 1.78. The molecule has 0 bridgehead atoms. The maximum absolute atomic E-state index is 12.6. The first-order valence-electron chi connectivity index (χ1n) is 4.06. The molecule has 1 aromatic rings. The van der Waals surface area contributed by atoms with Gasteiger partial charge in [-0.25, -0.2) is 4.39 Å². The maximum atomic E-state index is 12.6. The molecule has 0 aliphatic carbocycles. The molecule has 0 aliphatic rings. The fourth-order valence-corrected chi connectivity index (χ4v) is 1.12. The van der Waals surface area contributed by atoms with Gasteiger partial charge in [0.15, 0.2) is 0 Å². The Bertz CT molecular complexity index is 337. The Morgan fingerprint density at radius 2 is 2.00 bits per heavy atom. The second-order valence-electron chi connectivity index (χ2n) is 2.82. The molecule has 0 spiro atoms. The Morgan fingerprint density at radius 1 is 1.33 bits per heavy atom. The molecule has 0 amide bonds. The van der Waals surface area contributed by atoms with Crippen molar-refractivity contribution in [2.24, 2.45) is 0 Å². The highest BCUT2D eigenvalue weighted by Gasteiger charge is 2.33. The van der Waals surface area contributed by atoms with Crippen molar-refractivity contribution in [2.45, 2.75) is 12.7 Å². The summed E-state index contributed by atoms with van der Waals surface area (Å²) in [5.41, 5.74) is 1.22. The van der Waals surface area contributed by atoms with Crippen molar-refractivity contribution in [1.29, 1.82) is 0 Å². The predicted molar refractivity (Wildman–Crippen MR) is 45.3 cm³/mol. The molecule has 15 heavy (non-hydrogen) atoms. The van der Waals surface area contributed by atoms with Gasteiger partial charge in [0.05, 0.1) is 12.7 Å². The van der Waals surface area contributed by atoms with E-state index in [1.54, 1.807) is 0 Å². The van der Waals surface area contributed by atoms with E-state index in [1.807, 2.05) is 0 Å². The molecule has 1 aromatic carbocycles. The summed E-state index contributed by atoms with van der Waals surface area (Å²) >= 11 is 0. The van der Waals surface area contributed by atoms with Gasteiger partial charge in [-0.3, -0.25) is 0 Å². The van der Waals surface area contributed by atoms with Crippen LogP contribution >= 0.6 is 0 Å². The number of alkyl halides is 3. The minimum Gasteiger partial charge on any atom is -0.305 e. The van der Waals surface area contributed by atoms with E-state index in [1.165, 1.54) is 7.11 Å². The second kappa shape index (κ2) is 4.59. The van der Waals surface area contributed by atoms with Crippen LogP contribution in [0.3, 0.4) is 0 Å². The molecule has 0 fully saturated rings. The van der Waals surface area contributed by atoms with Gasteiger partial charge in [-0.15, -0.1) is 0 Å². The maximum Gasteiger partial charge on any atom is 0.416 e. The van der Waals surface area contributed by atoms with Crippen molar-refractivity contribution < 1.29 is 22.4 Å². The molecule has 84 valence electrons. The number of hydrogen-bond donors (Lipinski definition) is 1. The Balaban J connectivity index is 3.04. The molecule has 0 aromatic heterocycles. The van der Waals surface area contributed by atoms with Crippen molar-refractivity contribution >= 4 is 0 Å². The van der Waals surface area contributed by atoms with Gasteiger partial charge >= 0.3 is 6.18 Å². The largest absolute Gasteiger partial charge is 0.416 e. The SMILES string of the molecule is CONCc1ccc(F)cc1C(F)(F)F. The van der Waals surface area contributed by atoms with Crippen LogP contribution in [0.2, 0.25) is 0 Å². The number of hydroxylamine groups is 1. The number of halogens is 4. The van der Waals surface area contributed by atoms with Crippen LogP contribution in [0.1, 0.15) is 11.1 Å². The summed E-state index contributed by atoms with van der Waals surface area (Å²) in [6.07, 6.45) is -4.56. The van der Waals surface area contributed by atoms with Gasteiger partial charge in [-0.2, -0.15) is 18.7 Å². The molecule has 6 heteroatoms. The summed E-state index contributed by atoms with van der Waals surface area (Å²) < 4.78 is 49.9. The van der Waals surface area contributed by atoms with E-state index in [4.69, 9.17) is 0 Å². The Hall–Kier alpha value is -1.14. The quantitative estimate of drug-likeness (QED) is 0.628. The van der Waals surface area contributed by atoms with Crippen LogP contribution in [-0.4, -0.2) is 7.11 Å². The van der Waals surface area contributed by atoms with Gasteiger partial charge < -0.3 is 4.84 Å². The molecule has 0 unspecified atom stereocenters. The van der Waals surface area contributed by atoms with Gasteiger partial charge in [-0.1, -0.05) is 6.07 Å². The summed E-state index contributed by atoms with van der Waals surface area (Å²) in [6, 6.07) is 2.51. The van der Waals surface area contributed by atoms with Crippen molar-refractivity contribution in [1.82, 2.24) is 5.48 Å². The van der Waals surface area contributed by atoms with E-state index >= 15 is 0 Å². The fraction of sp³-hybridized carbons (Fsp3) is 0.333. The monoisotopic (exact) mass is 223 g/mol. The molecule has 1 N–H and O–H groups in total. The van der Waals surface area contributed by atoms with Crippen LogP contribution in [-0.2, 0) is 17.6 Å². The summed E-state index contributed by atoms with van der Waals surface area (Å²) in [5, 5.41) is 0. The smallest absolute Gasteiger partial charge is 0.305 e. The third kappa shape index (κ3) is 3.17. The van der Waals surface area contributed by atoms with Crippen molar-refractivity contribution in [3.05, 3.63) is 35.1 Å². The highest BCUT2D eigenvalue weighted by atomic mass is 19.4. The zero-order chi connectivity index (χ0) is 11.5. The lowest BCUT2D eigenvalue weighted by atomic mass is 10.1. The number of rotatable bonds is 3. The Kier molecular flexibility index (Phi) is 3.65. The van der Waals surface area contributed by atoms with Gasteiger partial charge in [0, 0.05) is 6.54 Å². The molecule has 0 heterocycles. The zero-order valence-corrected chi connectivity index (χ0v) is 7.86. The highest BCUT2D eigenvalue weighted by Crippen LogP contribution is 2.32. The van der Waals surface area contributed by atoms with E-state index < -0.39 is 17.6 Å². The standard InChI is InChI=1S/C9H9F4NO/c1-15-14-5-6-2-3-7(10)4-8(6)9(11,12)13/h2-4,14H,5H2,1H3. The average molecular weight is 223 g/mol. The van der Waals surface area contributed by atoms with E-state index in [2.05, 4.69) is 10.3 Å². The number of benzene rings is 1. The lowest BCUT2D eigenvalue weighted by Gasteiger charge is -2.12. The first-order chi connectivity index (χ1) is 6.95. The summed E-state index contributed by atoms with van der Waals surface area (Å²) in [5.74, 6) is -0.913. The number of nitrogens with one attached hydrogen (secondary N) is 1. The fourth-order valence-electron chi connectivity index (χ4n) is 1.12. The Morgan fingerprint density at radius 3 is 2.53 bits per heavy atom. The van der Waals surface area contributed by atoms with E-state index in [0.717, 1.165) is 12.1 Å². The minimum absolute atomic E-state index is 0.0641. The van der Waals surface area contributed by atoms with Gasteiger partial charge in [0.25, 0.3) is 0 Å². The van der Waals surface area contributed by atoms with Crippen LogP contribution < -0.4 is 5.48 Å². The molecular formula is C9H9F4NO. The van der Waals surface area contributed by atoms with Crippen LogP contribution in [0.5, 0.6) is 0 Å². The molecule has 0 aliphatic heterocycles. The summed E-state index contributed by atoms with van der Waals surface area (Å²) in [4.78, 5) is 4.43. The van der Waals surface area contributed by atoms with E-state index in [-0.39, 0.29) is 12.1 Å². The first kappa shape index (κ1) is 11.9. The topological polar surface area (TPSA) is 21.3 Å². The Labute approximate surface area is 83.8 Å². The third-order valence-corrected chi connectivity index (χ3v) is 1.78. The van der Waals surface area contributed by atoms with E-state index in [9.17, 15) is 17.6 Å². The lowest BCUT2D eigenvalue weighted by molar-refractivity contribution is -0.138. The molecule has 0 radical (unpaired) electrons. The summed E-state index contributed by atoms with van der Waals surface area (Å²) in [7, 11) is 1.29. The van der Waals surface area contributed by atoms with Gasteiger partial charge in [0.1, 0.15) is 5.82 Å².